The third kappa shape index (κ3) is 6.00. The van der Waals surface area contributed by atoms with Crippen LogP contribution in [0.15, 0.2) is 53.5 Å². The van der Waals surface area contributed by atoms with Crippen molar-refractivity contribution < 1.29 is 9.53 Å². The van der Waals surface area contributed by atoms with E-state index in [2.05, 4.69) is 33.8 Å². The monoisotopic (exact) mass is 420 g/mol. The molecule has 0 spiro atoms. The summed E-state index contributed by atoms with van der Waals surface area (Å²) in [5.74, 6) is 2.66. The fourth-order valence-electron chi connectivity index (χ4n) is 3.82. The van der Waals surface area contributed by atoms with E-state index in [1.54, 1.807) is 7.05 Å². The average Bonchev–Trinajstić information content (AvgIpc) is 3.55. The Labute approximate surface area is 184 Å². The van der Waals surface area contributed by atoms with Gasteiger partial charge in [0.05, 0.1) is 6.61 Å². The third-order valence-electron chi connectivity index (χ3n) is 5.91. The van der Waals surface area contributed by atoms with Crippen molar-refractivity contribution in [2.75, 3.05) is 20.2 Å². The van der Waals surface area contributed by atoms with Gasteiger partial charge in [-0.15, -0.1) is 0 Å². The van der Waals surface area contributed by atoms with Gasteiger partial charge in [-0.1, -0.05) is 42.5 Å². The Kier molecular flexibility index (Phi) is 7.07. The molecule has 1 amide bonds. The van der Waals surface area contributed by atoms with Crippen LogP contribution in [0.4, 0.5) is 0 Å². The third-order valence-corrected chi connectivity index (χ3v) is 5.91. The Morgan fingerprint density at radius 1 is 1.03 bits per heavy atom. The van der Waals surface area contributed by atoms with E-state index in [4.69, 9.17) is 4.74 Å². The number of nitrogens with one attached hydrogen (secondary N) is 2. The number of benzene rings is 2. The molecule has 164 valence electrons. The van der Waals surface area contributed by atoms with Gasteiger partial charge in [-0.2, -0.15) is 0 Å². The Morgan fingerprint density at radius 3 is 2.39 bits per heavy atom. The van der Waals surface area contributed by atoms with Gasteiger partial charge in [0.2, 0.25) is 5.91 Å². The van der Waals surface area contributed by atoms with Gasteiger partial charge in [0.1, 0.15) is 5.75 Å². The molecular formula is C25H32N4O2. The van der Waals surface area contributed by atoms with Gasteiger partial charge in [-0.05, 0) is 42.4 Å². The van der Waals surface area contributed by atoms with Gasteiger partial charge in [-0.3, -0.25) is 9.79 Å². The first-order chi connectivity index (χ1) is 15.2. The standard InChI is InChI=1S/C25H32N4O2/c1-26-25(28-16-21-8-4-5-10-23(21)31-18-19-12-13-19)27-15-20-7-2-3-9-22(20)17-29-14-6-11-24(29)30/h2-5,7-10,19H,6,11-18H2,1H3,(H2,26,27,28). The molecule has 2 fully saturated rings. The number of guanidine groups is 1. The van der Waals surface area contributed by atoms with Crippen molar-refractivity contribution in [3.05, 3.63) is 65.2 Å². The topological polar surface area (TPSA) is 66.0 Å². The van der Waals surface area contributed by atoms with E-state index >= 15 is 0 Å². The smallest absolute Gasteiger partial charge is 0.222 e. The number of likely N-dealkylation sites (tertiary alicyclic amines) is 1. The van der Waals surface area contributed by atoms with Crippen LogP contribution in [0.2, 0.25) is 0 Å². The van der Waals surface area contributed by atoms with Crippen LogP contribution in [0.25, 0.3) is 0 Å². The van der Waals surface area contributed by atoms with Gasteiger partial charge in [-0.25, -0.2) is 0 Å². The van der Waals surface area contributed by atoms with E-state index in [-0.39, 0.29) is 5.91 Å². The molecule has 0 unspecified atom stereocenters. The van der Waals surface area contributed by atoms with Gasteiger partial charge in [0.15, 0.2) is 5.96 Å². The molecule has 1 aliphatic carbocycles. The number of aliphatic imine (C=N–C) groups is 1. The molecule has 6 nitrogen and oxygen atoms in total. The lowest BCUT2D eigenvalue weighted by Crippen LogP contribution is -2.36. The number of hydrogen-bond donors (Lipinski definition) is 2. The molecule has 2 aliphatic rings. The highest BCUT2D eigenvalue weighted by atomic mass is 16.5. The van der Waals surface area contributed by atoms with Crippen molar-refractivity contribution in [2.24, 2.45) is 10.9 Å². The summed E-state index contributed by atoms with van der Waals surface area (Å²) in [5, 5.41) is 6.80. The number of hydrogen-bond acceptors (Lipinski definition) is 3. The van der Waals surface area contributed by atoms with E-state index in [1.165, 1.54) is 24.0 Å². The lowest BCUT2D eigenvalue weighted by molar-refractivity contribution is -0.128. The highest BCUT2D eigenvalue weighted by Gasteiger charge is 2.22. The second-order valence-corrected chi connectivity index (χ2v) is 8.33. The summed E-state index contributed by atoms with van der Waals surface area (Å²) in [5.41, 5.74) is 3.48. The molecule has 2 aromatic carbocycles. The number of para-hydroxylation sites is 1. The summed E-state index contributed by atoms with van der Waals surface area (Å²) < 4.78 is 6.01. The minimum absolute atomic E-state index is 0.253. The molecule has 0 aromatic heterocycles. The maximum atomic E-state index is 12.0. The lowest BCUT2D eigenvalue weighted by Gasteiger charge is -2.19. The number of carbonyl (C=O) groups is 1. The van der Waals surface area contributed by atoms with Crippen LogP contribution in [-0.4, -0.2) is 37.0 Å². The SMILES string of the molecule is CN=C(NCc1ccccc1CN1CCCC1=O)NCc1ccccc1OCC1CC1. The summed E-state index contributed by atoms with van der Waals surface area (Å²) in [6.07, 6.45) is 4.19. The van der Waals surface area contributed by atoms with E-state index in [1.807, 2.05) is 35.2 Å². The molecule has 4 rings (SSSR count). The lowest BCUT2D eigenvalue weighted by atomic mass is 10.1. The van der Waals surface area contributed by atoms with Crippen LogP contribution < -0.4 is 15.4 Å². The van der Waals surface area contributed by atoms with E-state index in [0.29, 0.717) is 26.1 Å². The van der Waals surface area contributed by atoms with Crippen molar-refractivity contribution in [1.82, 2.24) is 15.5 Å². The second-order valence-electron chi connectivity index (χ2n) is 8.33. The fourth-order valence-corrected chi connectivity index (χ4v) is 3.82. The van der Waals surface area contributed by atoms with E-state index in [0.717, 1.165) is 42.8 Å². The molecule has 2 aromatic rings. The zero-order valence-electron chi connectivity index (χ0n) is 18.3. The molecule has 1 aliphatic heterocycles. The Balaban J connectivity index is 1.32. The van der Waals surface area contributed by atoms with Crippen LogP contribution in [-0.2, 0) is 24.4 Å². The van der Waals surface area contributed by atoms with E-state index in [9.17, 15) is 4.79 Å². The number of nitrogens with zero attached hydrogens (tertiary/aromatic N) is 2. The Hall–Kier alpha value is -3.02. The largest absolute Gasteiger partial charge is 0.493 e. The maximum Gasteiger partial charge on any atom is 0.222 e. The normalized spacial score (nSPS) is 16.5. The molecule has 2 N–H and O–H groups in total. The fraction of sp³-hybridized carbons (Fsp3) is 0.440. The molecular weight excluding hydrogens is 388 g/mol. The quantitative estimate of drug-likeness (QED) is 0.482. The summed E-state index contributed by atoms with van der Waals surface area (Å²) in [4.78, 5) is 18.3. The predicted molar refractivity (Wildman–Crippen MR) is 123 cm³/mol. The Morgan fingerprint density at radius 2 is 1.71 bits per heavy atom. The molecule has 1 heterocycles. The number of carbonyl (C=O) groups excluding carboxylic acids is 1. The first-order valence-electron chi connectivity index (χ1n) is 11.2. The summed E-state index contributed by atoms with van der Waals surface area (Å²) in [7, 11) is 1.78. The highest BCUT2D eigenvalue weighted by molar-refractivity contribution is 5.80. The van der Waals surface area contributed by atoms with Crippen LogP contribution >= 0.6 is 0 Å². The molecule has 31 heavy (non-hydrogen) atoms. The van der Waals surface area contributed by atoms with Gasteiger partial charge in [0.25, 0.3) is 0 Å². The Bertz CT molecular complexity index is 923. The first-order valence-corrected chi connectivity index (χ1v) is 11.2. The first kappa shape index (κ1) is 21.2. The van der Waals surface area contributed by atoms with Gasteiger partial charge < -0.3 is 20.3 Å². The predicted octanol–water partition coefficient (Wildman–Crippen LogP) is 3.46. The summed E-state index contributed by atoms with van der Waals surface area (Å²) in [6.45, 7) is 3.63. The average molecular weight is 421 g/mol. The zero-order chi connectivity index (χ0) is 21.5. The molecule has 1 saturated carbocycles. The molecule has 6 heteroatoms. The summed E-state index contributed by atoms with van der Waals surface area (Å²) in [6, 6.07) is 16.5. The van der Waals surface area contributed by atoms with Crippen molar-refractivity contribution in [3.8, 4) is 5.75 Å². The van der Waals surface area contributed by atoms with Crippen LogP contribution in [0.5, 0.6) is 5.75 Å². The van der Waals surface area contributed by atoms with Crippen molar-refractivity contribution >= 4 is 11.9 Å². The minimum atomic E-state index is 0.253. The zero-order valence-corrected chi connectivity index (χ0v) is 18.3. The van der Waals surface area contributed by atoms with Crippen LogP contribution in [0.1, 0.15) is 42.4 Å². The van der Waals surface area contributed by atoms with Crippen molar-refractivity contribution in [1.29, 1.82) is 0 Å². The van der Waals surface area contributed by atoms with Crippen LogP contribution in [0.3, 0.4) is 0 Å². The maximum absolute atomic E-state index is 12.0. The number of rotatable bonds is 9. The van der Waals surface area contributed by atoms with Crippen molar-refractivity contribution in [3.63, 3.8) is 0 Å². The molecule has 0 bridgehead atoms. The molecule has 1 saturated heterocycles. The van der Waals surface area contributed by atoms with Crippen LogP contribution in [0, 0.1) is 5.92 Å². The highest BCUT2D eigenvalue weighted by Crippen LogP contribution is 2.30. The molecule has 0 radical (unpaired) electrons. The molecule has 0 atom stereocenters. The summed E-state index contributed by atoms with van der Waals surface area (Å²) >= 11 is 0. The van der Waals surface area contributed by atoms with Gasteiger partial charge >= 0.3 is 0 Å². The number of ether oxygens (including phenoxy) is 1. The van der Waals surface area contributed by atoms with Crippen molar-refractivity contribution in [2.45, 2.75) is 45.3 Å². The minimum Gasteiger partial charge on any atom is -0.493 e. The van der Waals surface area contributed by atoms with Gasteiger partial charge in [0, 0.05) is 45.2 Å². The second kappa shape index (κ2) is 10.3. The number of amides is 1. The van der Waals surface area contributed by atoms with E-state index < -0.39 is 0 Å².